The summed E-state index contributed by atoms with van der Waals surface area (Å²) >= 11 is 0. The topological polar surface area (TPSA) is 23.1 Å². The number of hydrogen-bond acceptors (Lipinski definition) is 1. The summed E-state index contributed by atoms with van der Waals surface area (Å²) < 4.78 is 0. The lowest BCUT2D eigenvalue weighted by molar-refractivity contribution is -0.369. The maximum absolute atomic E-state index is 9.74. The lowest BCUT2D eigenvalue weighted by atomic mass is 10.2. The van der Waals surface area contributed by atoms with Crippen LogP contribution >= 0.6 is 0 Å². The highest BCUT2D eigenvalue weighted by Crippen LogP contribution is 1.93. The molecule has 0 unspecified atom stereocenters. The molecule has 0 atom stereocenters. The summed E-state index contributed by atoms with van der Waals surface area (Å²) in [6.07, 6.45) is 0.819. The molecule has 0 aliphatic carbocycles. The molecule has 0 radical (unpaired) electrons. The van der Waals surface area contributed by atoms with Crippen molar-refractivity contribution in [1.82, 2.24) is 0 Å². The van der Waals surface area contributed by atoms with Crippen LogP contribution in [0.15, 0.2) is 0 Å². The van der Waals surface area contributed by atoms with Gasteiger partial charge in [0.1, 0.15) is 0 Å². The van der Waals surface area contributed by atoms with E-state index in [0.717, 1.165) is 6.42 Å². The van der Waals surface area contributed by atoms with E-state index >= 15 is 0 Å². The molecule has 0 aromatic carbocycles. The largest absolute Gasteiger partial charge is 0.854 e. The van der Waals surface area contributed by atoms with Crippen LogP contribution in [-0.2, 0) is 0 Å². The Hall–Kier alpha value is -0.0400. The highest BCUT2D eigenvalue weighted by Gasteiger charge is 1.82. The maximum Gasteiger partial charge on any atom is -0.0484 e. The van der Waals surface area contributed by atoms with Crippen molar-refractivity contribution in [2.24, 2.45) is 5.92 Å². The van der Waals surface area contributed by atoms with E-state index in [1.807, 2.05) is 0 Å². The van der Waals surface area contributed by atoms with Gasteiger partial charge in [0, 0.05) is 0 Å². The predicted octanol–water partition coefficient (Wildman–Crippen LogP) is 0.393. The molecular formula is C5H11O-. The molecule has 0 aromatic heterocycles. The monoisotopic (exact) mass is 87.1 g/mol. The van der Waals surface area contributed by atoms with Gasteiger partial charge in [0.05, 0.1) is 0 Å². The van der Waals surface area contributed by atoms with Crippen LogP contribution in [0.4, 0.5) is 0 Å². The molecule has 0 rings (SSSR count). The van der Waals surface area contributed by atoms with E-state index in [2.05, 4.69) is 13.8 Å². The average Bonchev–Trinajstić information content (AvgIpc) is 1.35. The van der Waals surface area contributed by atoms with Gasteiger partial charge in [-0.2, -0.15) is 0 Å². The number of rotatable bonds is 2. The van der Waals surface area contributed by atoms with Crippen molar-refractivity contribution in [3.63, 3.8) is 0 Å². The molecule has 1 nitrogen and oxygen atoms in total. The Morgan fingerprint density at radius 3 is 2.00 bits per heavy atom. The predicted molar refractivity (Wildman–Crippen MR) is 24.3 cm³/mol. The zero-order valence-corrected chi connectivity index (χ0v) is 4.40. The fourth-order valence-corrected chi connectivity index (χ4v) is 0.236. The van der Waals surface area contributed by atoms with E-state index in [0.29, 0.717) is 5.92 Å². The van der Waals surface area contributed by atoms with Crippen molar-refractivity contribution in [2.75, 3.05) is 6.61 Å². The molecule has 0 saturated heterocycles. The van der Waals surface area contributed by atoms with Gasteiger partial charge in [0.25, 0.3) is 0 Å². The Bertz CT molecular complexity index is 25.1. The molecule has 6 heavy (non-hydrogen) atoms. The van der Waals surface area contributed by atoms with Gasteiger partial charge in [-0.25, -0.2) is 0 Å². The summed E-state index contributed by atoms with van der Waals surface area (Å²) in [6.45, 7) is 4.19. The average molecular weight is 87.1 g/mol. The van der Waals surface area contributed by atoms with Gasteiger partial charge in [-0.05, 0) is 5.92 Å². The Balaban J connectivity index is 2.63. The standard InChI is InChI=1S/C5H11O/c1-5(2)3-4-6/h5H,3-4H2,1-2H3/q-1. The van der Waals surface area contributed by atoms with Gasteiger partial charge in [0.2, 0.25) is 0 Å². The minimum atomic E-state index is 0.0810. The van der Waals surface area contributed by atoms with Crippen LogP contribution in [0.3, 0.4) is 0 Å². The highest BCUT2D eigenvalue weighted by atomic mass is 16.2. The molecule has 0 heterocycles. The molecule has 0 aliphatic heterocycles. The Morgan fingerprint density at radius 2 is 2.00 bits per heavy atom. The van der Waals surface area contributed by atoms with Crippen LogP contribution in [0.5, 0.6) is 0 Å². The van der Waals surface area contributed by atoms with Gasteiger partial charge in [0.15, 0.2) is 0 Å². The van der Waals surface area contributed by atoms with Crippen molar-refractivity contribution in [3.8, 4) is 0 Å². The smallest absolute Gasteiger partial charge is 0.0484 e. The molecule has 0 amide bonds. The summed E-state index contributed by atoms with van der Waals surface area (Å²) in [5, 5.41) is 9.74. The van der Waals surface area contributed by atoms with Crippen molar-refractivity contribution in [1.29, 1.82) is 0 Å². The lowest BCUT2D eigenvalue weighted by Crippen LogP contribution is -2.07. The molecule has 0 aromatic rings. The molecule has 0 fully saturated rings. The van der Waals surface area contributed by atoms with Crippen LogP contribution in [0, 0.1) is 5.92 Å². The zero-order chi connectivity index (χ0) is 4.99. The Labute approximate surface area is 39.0 Å². The van der Waals surface area contributed by atoms with E-state index in [-0.39, 0.29) is 6.61 Å². The first-order chi connectivity index (χ1) is 2.77. The summed E-state index contributed by atoms with van der Waals surface area (Å²) in [4.78, 5) is 0. The normalized spacial score (nSPS) is 10.0. The highest BCUT2D eigenvalue weighted by molar-refractivity contribution is 4.37. The van der Waals surface area contributed by atoms with Crippen LogP contribution < -0.4 is 5.11 Å². The van der Waals surface area contributed by atoms with Gasteiger partial charge >= 0.3 is 0 Å². The van der Waals surface area contributed by atoms with Crippen LogP contribution in [0.2, 0.25) is 0 Å². The van der Waals surface area contributed by atoms with Crippen molar-refractivity contribution >= 4 is 0 Å². The fraction of sp³-hybridized carbons (Fsp3) is 1.00. The molecule has 0 bridgehead atoms. The molecule has 0 aliphatic rings. The van der Waals surface area contributed by atoms with Crippen LogP contribution in [-0.4, -0.2) is 6.61 Å². The summed E-state index contributed by atoms with van der Waals surface area (Å²) in [6, 6.07) is 0. The van der Waals surface area contributed by atoms with Crippen molar-refractivity contribution in [2.45, 2.75) is 20.3 Å². The third-order valence-electron chi connectivity index (χ3n) is 0.695. The van der Waals surface area contributed by atoms with Crippen LogP contribution in [0.1, 0.15) is 20.3 Å². The van der Waals surface area contributed by atoms with E-state index < -0.39 is 0 Å². The van der Waals surface area contributed by atoms with Crippen molar-refractivity contribution in [3.05, 3.63) is 0 Å². The quantitative estimate of drug-likeness (QED) is 0.478. The lowest BCUT2D eigenvalue weighted by Gasteiger charge is -2.04. The molecule has 1 heteroatoms. The molecule has 38 valence electrons. The minimum Gasteiger partial charge on any atom is -0.854 e. The maximum atomic E-state index is 9.74. The second kappa shape index (κ2) is 3.16. The SMILES string of the molecule is CC(C)CC[O-]. The minimum absolute atomic E-state index is 0.0810. The first-order valence-corrected chi connectivity index (χ1v) is 2.35. The Morgan fingerprint density at radius 1 is 1.50 bits per heavy atom. The van der Waals surface area contributed by atoms with E-state index in [9.17, 15) is 5.11 Å². The van der Waals surface area contributed by atoms with Gasteiger partial charge in [-0.1, -0.05) is 20.3 Å². The van der Waals surface area contributed by atoms with Crippen LogP contribution in [0.25, 0.3) is 0 Å². The van der Waals surface area contributed by atoms with Crippen molar-refractivity contribution < 1.29 is 5.11 Å². The fourth-order valence-electron chi connectivity index (χ4n) is 0.236. The second-order valence-electron chi connectivity index (χ2n) is 1.89. The molecular weight excluding hydrogens is 76.1 g/mol. The van der Waals surface area contributed by atoms with Gasteiger partial charge < -0.3 is 5.11 Å². The first kappa shape index (κ1) is 5.96. The third kappa shape index (κ3) is 3.96. The van der Waals surface area contributed by atoms with Gasteiger partial charge in [-0.15, -0.1) is 6.61 Å². The first-order valence-electron chi connectivity index (χ1n) is 2.35. The third-order valence-corrected chi connectivity index (χ3v) is 0.695. The summed E-state index contributed by atoms with van der Waals surface area (Å²) in [7, 11) is 0. The molecule has 0 saturated carbocycles. The van der Waals surface area contributed by atoms with E-state index in [1.165, 1.54) is 0 Å². The summed E-state index contributed by atoms with van der Waals surface area (Å²) in [5.41, 5.74) is 0. The van der Waals surface area contributed by atoms with E-state index in [4.69, 9.17) is 0 Å². The second-order valence-corrected chi connectivity index (χ2v) is 1.89. The van der Waals surface area contributed by atoms with Gasteiger partial charge in [-0.3, -0.25) is 0 Å². The van der Waals surface area contributed by atoms with E-state index in [1.54, 1.807) is 0 Å². The number of hydrogen-bond donors (Lipinski definition) is 0. The molecule has 0 spiro atoms. The molecule has 0 N–H and O–H groups in total. The Kier molecular flexibility index (Phi) is 3.14. The zero-order valence-electron chi connectivity index (χ0n) is 4.40. The summed E-state index contributed by atoms with van der Waals surface area (Å²) in [5.74, 6) is 0.586.